The molecule has 4 heteroatoms. The highest BCUT2D eigenvalue weighted by Crippen LogP contribution is 2.26. The number of benzene rings is 1. The van der Waals surface area contributed by atoms with Crippen molar-refractivity contribution in [1.29, 1.82) is 0 Å². The lowest BCUT2D eigenvalue weighted by Crippen LogP contribution is -2.10. The van der Waals surface area contributed by atoms with E-state index >= 15 is 0 Å². The molecule has 0 fully saturated rings. The van der Waals surface area contributed by atoms with E-state index in [1.54, 1.807) is 23.3 Å². The Hall–Kier alpha value is -1.81. The second-order valence-corrected chi connectivity index (χ2v) is 3.89. The van der Waals surface area contributed by atoms with Gasteiger partial charge < -0.3 is 15.4 Å². The van der Waals surface area contributed by atoms with Crippen molar-refractivity contribution in [2.75, 3.05) is 5.73 Å². The number of nitrogens with zero attached hydrogens (tertiary/aromatic N) is 2. The summed E-state index contributed by atoms with van der Waals surface area (Å²) in [6.07, 6.45) is 4.21. The lowest BCUT2D eigenvalue weighted by molar-refractivity contribution is 0.145. The maximum Gasteiger partial charge on any atom is 0.158 e. The molecule has 1 heterocycles. The van der Waals surface area contributed by atoms with E-state index in [1.165, 1.54) is 0 Å². The van der Waals surface area contributed by atoms with Crippen LogP contribution in [0.15, 0.2) is 30.9 Å². The lowest BCUT2D eigenvalue weighted by atomic mass is 10.0. The van der Waals surface area contributed by atoms with Crippen LogP contribution in [0.3, 0.4) is 0 Å². The molecule has 0 aliphatic carbocycles. The average Bonchev–Trinajstić information content (AvgIpc) is 2.79. The molecular weight excluding hydrogens is 202 g/mol. The van der Waals surface area contributed by atoms with E-state index in [0.29, 0.717) is 0 Å². The summed E-state index contributed by atoms with van der Waals surface area (Å²) in [6, 6.07) is 3.81. The number of aryl methyl sites for hydroxylation is 1. The zero-order valence-corrected chi connectivity index (χ0v) is 9.38. The standard InChI is InChI=1S/C12H15N3O/c1-8-3-4-10(9(2)11(8)13)12(16)15-6-5-14-7-15/h3-7,12,16H,13H2,1-2H3. The zero-order valence-electron chi connectivity index (χ0n) is 9.38. The molecule has 1 atom stereocenters. The third-order valence-electron chi connectivity index (χ3n) is 2.86. The van der Waals surface area contributed by atoms with Gasteiger partial charge in [0, 0.05) is 23.6 Å². The molecule has 0 saturated heterocycles. The molecule has 2 rings (SSSR count). The molecule has 1 unspecified atom stereocenters. The Bertz CT molecular complexity index is 491. The molecule has 4 nitrogen and oxygen atoms in total. The quantitative estimate of drug-likeness (QED) is 0.751. The summed E-state index contributed by atoms with van der Waals surface area (Å²) in [5, 5.41) is 10.1. The van der Waals surface area contributed by atoms with Crippen LogP contribution in [0.5, 0.6) is 0 Å². The molecule has 84 valence electrons. The van der Waals surface area contributed by atoms with Crippen LogP contribution < -0.4 is 5.73 Å². The summed E-state index contributed by atoms with van der Waals surface area (Å²) in [5.41, 5.74) is 9.42. The Morgan fingerprint density at radius 1 is 1.38 bits per heavy atom. The van der Waals surface area contributed by atoms with Crippen LogP contribution in [0.4, 0.5) is 5.69 Å². The maximum atomic E-state index is 10.1. The summed E-state index contributed by atoms with van der Waals surface area (Å²) >= 11 is 0. The summed E-state index contributed by atoms with van der Waals surface area (Å²) in [5.74, 6) is 0. The zero-order chi connectivity index (χ0) is 11.7. The molecule has 3 N–H and O–H groups in total. The van der Waals surface area contributed by atoms with Gasteiger partial charge in [0.25, 0.3) is 0 Å². The minimum absolute atomic E-state index is 0.731. The first kappa shape index (κ1) is 10.7. The van der Waals surface area contributed by atoms with Gasteiger partial charge in [-0.15, -0.1) is 0 Å². The lowest BCUT2D eigenvalue weighted by Gasteiger charge is -2.17. The van der Waals surface area contributed by atoms with Crippen molar-refractivity contribution in [1.82, 2.24) is 9.55 Å². The molecule has 0 spiro atoms. The number of hydrogen-bond acceptors (Lipinski definition) is 3. The predicted molar refractivity (Wildman–Crippen MR) is 62.9 cm³/mol. The third kappa shape index (κ3) is 1.67. The molecule has 0 aliphatic heterocycles. The molecule has 0 bridgehead atoms. The van der Waals surface area contributed by atoms with Crippen LogP contribution in [0.2, 0.25) is 0 Å². The fraction of sp³-hybridized carbons (Fsp3) is 0.250. The van der Waals surface area contributed by atoms with Crippen LogP contribution >= 0.6 is 0 Å². The molecule has 2 aromatic rings. The first-order chi connectivity index (χ1) is 7.61. The minimum atomic E-state index is -0.731. The van der Waals surface area contributed by atoms with E-state index in [2.05, 4.69) is 4.98 Å². The highest BCUT2D eigenvalue weighted by Gasteiger charge is 2.13. The monoisotopic (exact) mass is 217 g/mol. The third-order valence-corrected chi connectivity index (χ3v) is 2.86. The van der Waals surface area contributed by atoms with Crippen molar-refractivity contribution in [3.63, 3.8) is 0 Å². The van der Waals surface area contributed by atoms with Gasteiger partial charge in [-0.05, 0) is 25.0 Å². The number of imidazole rings is 1. The van der Waals surface area contributed by atoms with Crippen molar-refractivity contribution in [3.05, 3.63) is 47.5 Å². The minimum Gasteiger partial charge on any atom is -0.398 e. The summed E-state index contributed by atoms with van der Waals surface area (Å²) in [6.45, 7) is 3.87. The fourth-order valence-corrected chi connectivity index (χ4v) is 1.74. The van der Waals surface area contributed by atoms with Crippen LogP contribution in [0.1, 0.15) is 22.9 Å². The Morgan fingerprint density at radius 3 is 2.75 bits per heavy atom. The molecule has 0 amide bonds. The van der Waals surface area contributed by atoms with Crippen LogP contribution in [-0.2, 0) is 0 Å². The van der Waals surface area contributed by atoms with Gasteiger partial charge >= 0.3 is 0 Å². The average molecular weight is 217 g/mol. The number of aliphatic hydroxyl groups is 1. The van der Waals surface area contributed by atoms with E-state index in [9.17, 15) is 5.11 Å². The topological polar surface area (TPSA) is 64.1 Å². The normalized spacial score (nSPS) is 12.7. The molecular formula is C12H15N3O. The Kier molecular flexibility index (Phi) is 2.66. The number of anilines is 1. The number of rotatable bonds is 2. The number of hydrogen-bond donors (Lipinski definition) is 2. The Labute approximate surface area is 94.4 Å². The van der Waals surface area contributed by atoms with Gasteiger partial charge in [-0.1, -0.05) is 12.1 Å². The number of nitrogen functional groups attached to an aromatic ring is 1. The van der Waals surface area contributed by atoms with E-state index in [4.69, 9.17) is 5.73 Å². The van der Waals surface area contributed by atoms with Crippen molar-refractivity contribution in [2.24, 2.45) is 0 Å². The molecule has 0 radical (unpaired) electrons. The van der Waals surface area contributed by atoms with E-state index in [0.717, 1.165) is 22.4 Å². The fourth-order valence-electron chi connectivity index (χ4n) is 1.74. The molecule has 1 aromatic heterocycles. The predicted octanol–water partition coefficient (Wildman–Crippen LogP) is 1.62. The summed E-state index contributed by atoms with van der Waals surface area (Å²) in [7, 11) is 0. The number of aliphatic hydroxyl groups excluding tert-OH is 1. The van der Waals surface area contributed by atoms with Gasteiger partial charge in [-0.25, -0.2) is 4.98 Å². The van der Waals surface area contributed by atoms with E-state index < -0.39 is 6.23 Å². The Morgan fingerprint density at radius 2 is 2.12 bits per heavy atom. The van der Waals surface area contributed by atoms with E-state index in [1.807, 2.05) is 26.0 Å². The van der Waals surface area contributed by atoms with Crippen LogP contribution in [0.25, 0.3) is 0 Å². The second kappa shape index (κ2) is 3.98. The summed E-state index contributed by atoms with van der Waals surface area (Å²) < 4.78 is 1.64. The van der Waals surface area contributed by atoms with Gasteiger partial charge in [-0.3, -0.25) is 0 Å². The van der Waals surface area contributed by atoms with Crippen molar-refractivity contribution >= 4 is 5.69 Å². The van der Waals surface area contributed by atoms with Gasteiger partial charge in [0.15, 0.2) is 6.23 Å². The molecule has 0 aliphatic rings. The van der Waals surface area contributed by atoms with Crippen molar-refractivity contribution in [3.8, 4) is 0 Å². The number of nitrogens with two attached hydrogens (primary N) is 1. The van der Waals surface area contributed by atoms with Gasteiger partial charge in [0.2, 0.25) is 0 Å². The highest BCUT2D eigenvalue weighted by molar-refractivity contribution is 5.56. The van der Waals surface area contributed by atoms with Crippen molar-refractivity contribution in [2.45, 2.75) is 20.1 Å². The van der Waals surface area contributed by atoms with Gasteiger partial charge in [-0.2, -0.15) is 0 Å². The highest BCUT2D eigenvalue weighted by atomic mass is 16.3. The number of aromatic nitrogens is 2. The van der Waals surface area contributed by atoms with Gasteiger partial charge in [0.1, 0.15) is 0 Å². The largest absolute Gasteiger partial charge is 0.398 e. The first-order valence-corrected chi connectivity index (χ1v) is 5.12. The van der Waals surface area contributed by atoms with E-state index in [-0.39, 0.29) is 0 Å². The summed E-state index contributed by atoms with van der Waals surface area (Å²) in [4.78, 5) is 3.91. The van der Waals surface area contributed by atoms with Crippen LogP contribution in [0, 0.1) is 13.8 Å². The SMILES string of the molecule is Cc1ccc(C(O)n2ccnc2)c(C)c1N. The molecule has 1 aromatic carbocycles. The van der Waals surface area contributed by atoms with Gasteiger partial charge in [0.05, 0.1) is 6.33 Å². The van der Waals surface area contributed by atoms with Crippen LogP contribution in [-0.4, -0.2) is 14.7 Å². The molecule has 16 heavy (non-hydrogen) atoms. The van der Waals surface area contributed by atoms with Crippen molar-refractivity contribution < 1.29 is 5.11 Å². The maximum absolute atomic E-state index is 10.1. The smallest absolute Gasteiger partial charge is 0.158 e. The first-order valence-electron chi connectivity index (χ1n) is 5.12. The second-order valence-electron chi connectivity index (χ2n) is 3.89. The Balaban J connectivity index is 2.45. The molecule has 0 saturated carbocycles.